The van der Waals surface area contributed by atoms with Crippen LogP contribution in [0, 0.1) is 0 Å². The minimum absolute atomic E-state index is 0.741. The van der Waals surface area contributed by atoms with Crippen LogP contribution < -0.4 is 0 Å². The van der Waals surface area contributed by atoms with Crippen molar-refractivity contribution in [3.05, 3.63) is 64.2 Å². The lowest BCUT2D eigenvalue weighted by atomic mass is 9.82. The molecule has 0 aliphatic heterocycles. The van der Waals surface area contributed by atoms with E-state index in [1.54, 1.807) is 0 Å². The molecule has 0 amide bonds. The van der Waals surface area contributed by atoms with Gasteiger partial charge in [-0.2, -0.15) is 0 Å². The third kappa shape index (κ3) is 2.74. The molecule has 1 saturated carbocycles. The van der Waals surface area contributed by atoms with Crippen LogP contribution in [0.25, 0.3) is 16.7 Å². The highest BCUT2D eigenvalue weighted by molar-refractivity contribution is 6.30. The zero-order valence-corrected chi connectivity index (χ0v) is 14.5. The SMILES string of the molecule is C=C1CCCc2cc(-c3ccc(Cl)cc3CC)c(C3CC3)cc21. The Balaban J connectivity index is 1.92. The first kappa shape index (κ1) is 15.0. The van der Waals surface area contributed by atoms with Crippen LogP contribution in [-0.4, -0.2) is 0 Å². The molecule has 1 heteroatoms. The predicted octanol–water partition coefficient (Wildman–Crippen LogP) is 6.80. The molecule has 0 saturated heterocycles. The predicted molar refractivity (Wildman–Crippen MR) is 100 cm³/mol. The van der Waals surface area contributed by atoms with Crippen LogP contribution in [0.5, 0.6) is 0 Å². The van der Waals surface area contributed by atoms with Gasteiger partial charge < -0.3 is 0 Å². The van der Waals surface area contributed by atoms with Crippen molar-refractivity contribution in [1.29, 1.82) is 0 Å². The third-order valence-corrected chi connectivity index (χ3v) is 5.57. The summed E-state index contributed by atoms with van der Waals surface area (Å²) in [4.78, 5) is 0. The summed E-state index contributed by atoms with van der Waals surface area (Å²) in [5, 5.41) is 0.838. The van der Waals surface area contributed by atoms with Crippen molar-refractivity contribution in [1.82, 2.24) is 0 Å². The number of hydrogen-bond donors (Lipinski definition) is 0. The minimum atomic E-state index is 0.741. The van der Waals surface area contributed by atoms with Crippen molar-refractivity contribution in [2.45, 2.75) is 51.4 Å². The van der Waals surface area contributed by atoms with Gasteiger partial charge in [0.25, 0.3) is 0 Å². The minimum Gasteiger partial charge on any atom is -0.0952 e. The van der Waals surface area contributed by atoms with E-state index < -0.39 is 0 Å². The van der Waals surface area contributed by atoms with Gasteiger partial charge in [0, 0.05) is 5.02 Å². The van der Waals surface area contributed by atoms with Crippen molar-refractivity contribution in [3.8, 4) is 11.1 Å². The standard InChI is InChI=1S/C22H23Cl/c1-3-15-11-18(23)9-10-19(15)22-12-17-6-4-5-14(2)20(17)13-21(22)16-7-8-16/h9-13,16H,2-8H2,1H3. The number of aryl methyl sites for hydroxylation is 2. The van der Waals surface area contributed by atoms with E-state index in [0.717, 1.165) is 23.8 Å². The molecule has 0 unspecified atom stereocenters. The van der Waals surface area contributed by atoms with Gasteiger partial charge >= 0.3 is 0 Å². The first-order valence-electron chi connectivity index (χ1n) is 8.81. The molecule has 118 valence electrons. The van der Waals surface area contributed by atoms with E-state index in [9.17, 15) is 0 Å². The Kier molecular flexibility index (Phi) is 3.81. The van der Waals surface area contributed by atoms with Gasteiger partial charge in [-0.3, -0.25) is 0 Å². The van der Waals surface area contributed by atoms with Crippen LogP contribution >= 0.6 is 11.6 Å². The summed E-state index contributed by atoms with van der Waals surface area (Å²) in [5.74, 6) is 0.741. The summed E-state index contributed by atoms with van der Waals surface area (Å²) in [6.45, 7) is 6.52. The summed E-state index contributed by atoms with van der Waals surface area (Å²) >= 11 is 6.22. The molecule has 0 radical (unpaired) electrons. The molecule has 2 aromatic rings. The number of rotatable bonds is 3. The lowest BCUT2D eigenvalue weighted by molar-refractivity contribution is 0.822. The molecule has 1 fully saturated rings. The summed E-state index contributed by atoms with van der Waals surface area (Å²) in [5.41, 5.74) is 9.93. The second kappa shape index (κ2) is 5.83. The number of benzene rings is 2. The van der Waals surface area contributed by atoms with Gasteiger partial charge in [0.05, 0.1) is 0 Å². The largest absolute Gasteiger partial charge is 0.0952 e. The van der Waals surface area contributed by atoms with Crippen LogP contribution in [-0.2, 0) is 12.8 Å². The first-order chi connectivity index (χ1) is 11.2. The van der Waals surface area contributed by atoms with E-state index in [-0.39, 0.29) is 0 Å². The van der Waals surface area contributed by atoms with E-state index in [1.165, 1.54) is 64.6 Å². The molecule has 2 aliphatic carbocycles. The molecule has 2 aromatic carbocycles. The summed E-state index contributed by atoms with van der Waals surface area (Å²) in [7, 11) is 0. The van der Waals surface area contributed by atoms with E-state index in [0.29, 0.717) is 0 Å². The molecule has 0 nitrogen and oxygen atoms in total. The zero-order chi connectivity index (χ0) is 16.0. The molecule has 4 rings (SSSR count). The van der Waals surface area contributed by atoms with E-state index in [4.69, 9.17) is 11.6 Å². The molecule has 0 bridgehead atoms. The zero-order valence-electron chi connectivity index (χ0n) is 13.8. The highest BCUT2D eigenvalue weighted by Gasteiger charge is 2.29. The molecule has 0 aromatic heterocycles. The maximum atomic E-state index is 6.22. The molecular weight excluding hydrogens is 300 g/mol. The Bertz CT molecular complexity index is 781. The van der Waals surface area contributed by atoms with Gasteiger partial charge in [0.1, 0.15) is 0 Å². The maximum absolute atomic E-state index is 6.22. The van der Waals surface area contributed by atoms with Crippen molar-refractivity contribution in [2.75, 3.05) is 0 Å². The fourth-order valence-corrected chi connectivity index (χ4v) is 4.10. The Hall–Kier alpha value is -1.53. The number of halogens is 1. The highest BCUT2D eigenvalue weighted by Crippen LogP contribution is 2.47. The van der Waals surface area contributed by atoms with Gasteiger partial charge in [0.2, 0.25) is 0 Å². The number of fused-ring (bicyclic) bond motifs is 1. The van der Waals surface area contributed by atoms with Crippen molar-refractivity contribution in [3.63, 3.8) is 0 Å². The third-order valence-electron chi connectivity index (χ3n) is 5.34. The number of allylic oxidation sites excluding steroid dienone is 1. The quantitative estimate of drug-likeness (QED) is 0.583. The highest BCUT2D eigenvalue weighted by atomic mass is 35.5. The Morgan fingerprint density at radius 1 is 1.04 bits per heavy atom. The number of hydrogen-bond acceptors (Lipinski definition) is 0. The van der Waals surface area contributed by atoms with Crippen LogP contribution in [0.1, 0.15) is 60.8 Å². The molecular formula is C22H23Cl. The topological polar surface area (TPSA) is 0 Å². The van der Waals surface area contributed by atoms with Gasteiger partial charge in [-0.25, -0.2) is 0 Å². The fourth-order valence-electron chi connectivity index (χ4n) is 3.91. The van der Waals surface area contributed by atoms with Crippen molar-refractivity contribution >= 4 is 17.2 Å². The molecule has 23 heavy (non-hydrogen) atoms. The van der Waals surface area contributed by atoms with Crippen LogP contribution in [0.3, 0.4) is 0 Å². The van der Waals surface area contributed by atoms with Gasteiger partial charge in [-0.05, 0) is 95.5 Å². The smallest absolute Gasteiger partial charge is 0.0409 e. The molecule has 0 N–H and O–H groups in total. The monoisotopic (exact) mass is 322 g/mol. The Labute approximate surface area is 144 Å². The molecule has 2 aliphatic rings. The van der Waals surface area contributed by atoms with Gasteiger partial charge in [0.15, 0.2) is 0 Å². The van der Waals surface area contributed by atoms with Gasteiger partial charge in [-0.15, -0.1) is 0 Å². The van der Waals surface area contributed by atoms with Crippen LogP contribution in [0.15, 0.2) is 36.9 Å². The van der Waals surface area contributed by atoms with Crippen molar-refractivity contribution in [2.24, 2.45) is 0 Å². The summed E-state index contributed by atoms with van der Waals surface area (Å²) in [6.07, 6.45) is 7.23. The molecule has 0 spiro atoms. The normalized spacial score (nSPS) is 17.2. The van der Waals surface area contributed by atoms with E-state index >= 15 is 0 Å². The fraction of sp³-hybridized carbons (Fsp3) is 0.364. The lowest BCUT2D eigenvalue weighted by Gasteiger charge is -2.23. The first-order valence-corrected chi connectivity index (χ1v) is 9.19. The van der Waals surface area contributed by atoms with Crippen LogP contribution in [0.4, 0.5) is 0 Å². The van der Waals surface area contributed by atoms with E-state index in [1.807, 2.05) is 6.07 Å². The summed E-state index contributed by atoms with van der Waals surface area (Å²) < 4.78 is 0. The molecule has 0 heterocycles. The van der Waals surface area contributed by atoms with E-state index in [2.05, 4.69) is 37.8 Å². The van der Waals surface area contributed by atoms with Crippen LogP contribution in [0.2, 0.25) is 5.02 Å². The average Bonchev–Trinajstić information content (AvgIpc) is 3.39. The Morgan fingerprint density at radius 2 is 1.87 bits per heavy atom. The summed E-state index contributed by atoms with van der Waals surface area (Å²) in [6, 6.07) is 11.3. The maximum Gasteiger partial charge on any atom is 0.0409 e. The second-order valence-electron chi connectivity index (χ2n) is 6.98. The Morgan fingerprint density at radius 3 is 2.61 bits per heavy atom. The molecule has 0 atom stereocenters. The average molecular weight is 323 g/mol. The van der Waals surface area contributed by atoms with Gasteiger partial charge in [-0.1, -0.05) is 43.3 Å². The lowest BCUT2D eigenvalue weighted by Crippen LogP contribution is -2.04. The second-order valence-corrected chi connectivity index (χ2v) is 7.42. The van der Waals surface area contributed by atoms with Crippen molar-refractivity contribution < 1.29 is 0 Å².